The summed E-state index contributed by atoms with van der Waals surface area (Å²) in [6, 6.07) is 33.6. The lowest BCUT2D eigenvalue weighted by Gasteiger charge is -2.11. The molecular formula is C43H26Cl2F3N11O2S3. The lowest BCUT2D eigenvalue weighted by Crippen LogP contribution is -2.08. The van der Waals surface area contributed by atoms with Crippen molar-refractivity contribution in [2.45, 2.75) is 23.9 Å². The van der Waals surface area contributed by atoms with Crippen molar-refractivity contribution in [2.24, 2.45) is 0 Å². The number of methoxy groups -OCH3 is 2. The van der Waals surface area contributed by atoms with Gasteiger partial charge in [-0.1, -0.05) is 48.0 Å². The fraction of sp³-hybridized carbons (Fsp3) is 0.140. The lowest BCUT2D eigenvalue weighted by molar-refractivity contribution is -0.137. The third kappa shape index (κ3) is 10.3. The number of pyridine rings is 1. The van der Waals surface area contributed by atoms with E-state index in [0.29, 0.717) is 33.5 Å². The Morgan fingerprint density at radius 3 is 1.53 bits per heavy atom. The van der Waals surface area contributed by atoms with Crippen molar-refractivity contribution in [2.75, 3.05) is 14.2 Å². The molecule has 0 saturated carbocycles. The number of rotatable bonds is 8. The molecule has 3 unspecified atom stereocenters. The van der Waals surface area contributed by atoms with E-state index >= 15 is 0 Å². The molecule has 3 atom stereocenters. The number of halogens is 5. The molecule has 13 nitrogen and oxygen atoms in total. The van der Waals surface area contributed by atoms with Gasteiger partial charge in [0.25, 0.3) is 0 Å². The van der Waals surface area contributed by atoms with Gasteiger partial charge in [0.05, 0.1) is 90.7 Å². The van der Waals surface area contributed by atoms with Crippen LogP contribution in [0, 0.1) is 34.0 Å². The largest absolute Gasteiger partial charge is 0.481 e. The van der Waals surface area contributed by atoms with E-state index in [2.05, 4.69) is 52.0 Å². The maximum Gasteiger partial charge on any atom is 0.417 e. The highest BCUT2D eigenvalue weighted by molar-refractivity contribution is 7.19. The second-order valence-corrected chi connectivity index (χ2v) is 16.8. The minimum absolute atomic E-state index is 0.0706. The van der Waals surface area contributed by atoms with Crippen molar-refractivity contribution in [3.8, 4) is 30.1 Å². The Hall–Kier alpha value is -6.92. The predicted octanol–water partition coefficient (Wildman–Crippen LogP) is 11.2. The van der Waals surface area contributed by atoms with Gasteiger partial charge >= 0.3 is 12.2 Å². The molecule has 9 rings (SSSR count). The van der Waals surface area contributed by atoms with Crippen molar-refractivity contribution >= 4 is 87.9 Å². The first kappa shape index (κ1) is 45.1. The number of aromatic nitrogens is 8. The highest BCUT2D eigenvalue weighted by Gasteiger charge is 2.33. The maximum atomic E-state index is 12.7. The Morgan fingerprint density at radius 1 is 0.594 bits per heavy atom. The normalized spacial score (nSPS) is 12.4. The van der Waals surface area contributed by atoms with Crippen molar-refractivity contribution in [3.05, 3.63) is 151 Å². The molecule has 318 valence electrons. The first-order valence-electron chi connectivity index (χ1n) is 18.4. The molecule has 0 aliphatic heterocycles. The Morgan fingerprint density at radius 2 is 1.09 bits per heavy atom. The molecule has 0 bridgehead atoms. The second kappa shape index (κ2) is 20.1. The summed E-state index contributed by atoms with van der Waals surface area (Å²) in [5.74, 6) is -1.67. The van der Waals surface area contributed by atoms with Gasteiger partial charge in [0.2, 0.25) is 11.2 Å². The van der Waals surface area contributed by atoms with E-state index < -0.39 is 29.5 Å². The van der Waals surface area contributed by atoms with E-state index in [0.717, 1.165) is 41.7 Å². The van der Waals surface area contributed by atoms with Crippen LogP contribution in [0.2, 0.25) is 10.3 Å². The molecule has 0 radical (unpaired) electrons. The van der Waals surface area contributed by atoms with Crippen LogP contribution in [0.15, 0.2) is 103 Å². The summed E-state index contributed by atoms with van der Waals surface area (Å²) < 4.78 is 51.2. The SMILES string of the molecule is COc1cc(C(C#N)c2nc3ccccc3s2)nc(OC)n1.N#CC(c1ccnc(Cl)n1)c1nc2ccccc2s1.N#CC(c1nc2ccccc2s1)c1ncc(C(F)(F)F)cc1Cl. The molecule has 0 fully saturated rings. The average Bonchev–Trinajstić information content (AvgIpc) is 4.05. The quantitative estimate of drug-likeness (QED) is 0.131. The average molecular weight is 953 g/mol. The van der Waals surface area contributed by atoms with E-state index in [4.69, 9.17) is 32.7 Å². The fourth-order valence-corrected chi connectivity index (χ4v) is 9.36. The molecule has 0 amide bonds. The number of nitriles is 3. The summed E-state index contributed by atoms with van der Waals surface area (Å²) in [5, 5.41) is 30.1. The van der Waals surface area contributed by atoms with Crippen molar-refractivity contribution in [3.63, 3.8) is 0 Å². The van der Waals surface area contributed by atoms with E-state index in [1.807, 2.05) is 72.8 Å². The highest BCUT2D eigenvalue weighted by Crippen LogP contribution is 2.37. The first-order chi connectivity index (χ1) is 30.9. The lowest BCUT2D eigenvalue weighted by atomic mass is 10.1. The van der Waals surface area contributed by atoms with Gasteiger partial charge in [0.15, 0.2) is 0 Å². The molecule has 0 N–H and O–H groups in total. The molecule has 0 saturated heterocycles. The topological polar surface area (TPSA) is 193 Å². The number of alkyl halides is 3. The number of hydrogen-bond donors (Lipinski definition) is 0. The number of benzene rings is 3. The second-order valence-electron chi connectivity index (χ2n) is 12.9. The molecule has 21 heteroatoms. The minimum atomic E-state index is -4.53. The van der Waals surface area contributed by atoms with E-state index in [9.17, 15) is 29.0 Å². The van der Waals surface area contributed by atoms with Crippen LogP contribution in [-0.4, -0.2) is 54.1 Å². The van der Waals surface area contributed by atoms with Crippen molar-refractivity contribution in [1.82, 2.24) is 39.9 Å². The van der Waals surface area contributed by atoms with Crippen LogP contribution in [0.4, 0.5) is 13.2 Å². The number of nitrogens with zero attached hydrogens (tertiary/aromatic N) is 11. The molecule has 9 aromatic rings. The third-order valence-corrected chi connectivity index (χ3v) is 12.7. The van der Waals surface area contributed by atoms with Gasteiger partial charge in [0.1, 0.15) is 32.8 Å². The molecule has 6 heterocycles. The van der Waals surface area contributed by atoms with Gasteiger partial charge in [-0.15, -0.1) is 34.0 Å². The maximum absolute atomic E-state index is 12.7. The summed E-state index contributed by atoms with van der Waals surface area (Å²) in [7, 11) is 2.97. The summed E-state index contributed by atoms with van der Waals surface area (Å²) in [5.41, 5.74) is 2.68. The number of ether oxygens (including phenoxy) is 2. The van der Waals surface area contributed by atoms with Gasteiger partial charge in [-0.25, -0.2) is 24.9 Å². The monoisotopic (exact) mass is 951 g/mol. The van der Waals surface area contributed by atoms with Gasteiger partial charge in [-0.2, -0.15) is 38.9 Å². The first-order valence-corrected chi connectivity index (χ1v) is 21.6. The zero-order valence-corrected chi connectivity index (χ0v) is 36.9. The molecule has 0 spiro atoms. The fourth-order valence-electron chi connectivity index (χ4n) is 5.86. The molecule has 0 aliphatic carbocycles. The molecule has 64 heavy (non-hydrogen) atoms. The van der Waals surface area contributed by atoms with Gasteiger partial charge in [0, 0.05) is 18.5 Å². The number of fused-ring (bicyclic) bond motifs is 3. The van der Waals surface area contributed by atoms with Crippen LogP contribution in [0.25, 0.3) is 30.6 Å². The zero-order chi connectivity index (χ0) is 45.4. The van der Waals surface area contributed by atoms with Crippen molar-refractivity contribution in [1.29, 1.82) is 15.8 Å². The summed E-state index contributed by atoms with van der Waals surface area (Å²) in [6.07, 6.45) is -2.31. The summed E-state index contributed by atoms with van der Waals surface area (Å²) in [6.45, 7) is 0. The van der Waals surface area contributed by atoms with Crippen LogP contribution in [0.5, 0.6) is 11.9 Å². The van der Waals surface area contributed by atoms with Crippen LogP contribution < -0.4 is 9.47 Å². The highest BCUT2D eigenvalue weighted by atomic mass is 35.5. The van der Waals surface area contributed by atoms with E-state index in [1.165, 1.54) is 48.2 Å². The van der Waals surface area contributed by atoms with E-state index in [-0.39, 0.29) is 22.0 Å². The van der Waals surface area contributed by atoms with Gasteiger partial charge in [-0.3, -0.25) is 4.98 Å². The Bertz CT molecular complexity index is 3110. The Balaban J connectivity index is 0.000000144. The van der Waals surface area contributed by atoms with Gasteiger partial charge < -0.3 is 9.47 Å². The smallest absolute Gasteiger partial charge is 0.417 e. The summed E-state index contributed by atoms with van der Waals surface area (Å²) in [4.78, 5) is 33.3. The third-order valence-electron chi connectivity index (χ3n) is 8.86. The number of hydrogen-bond acceptors (Lipinski definition) is 16. The molecule has 3 aromatic carbocycles. The number of thiazole rings is 3. The Labute approximate surface area is 383 Å². The van der Waals surface area contributed by atoms with Crippen LogP contribution in [0.1, 0.15) is 55.4 Å². The molecule has 0 aliphatic rings. The van der Waals surface area contributed by atoms with Gasteiger partial charge in [-0.05, 0) is 60.1 Å². The standard InChI is InChI=1S/C15H7ClF3N3S.C15H12N4O2S.C13H7ClN4S/c16-10-5-8(15(17,18)19)7-21-13(10)9(6-20)14-22-11-3-1-2-4-12(11)23-14;1-20-13-7-11(18-15(19-13)21-2)9(8-16)14-17-10-5-3-4-6-12(10)22-14;14-13-16-6-5-9(18-13)8(7-15)12-17-10-3-1-2-4-11(10)19-12/h1-5,7,9H;3-7,9H,1-2H3;1-6,8H. The number of para-hydroxylation sites is 3. The summed E-state index contributed by atoms with van der Waals surface area (Å²) >= 11 is 15.9. The van der Waals surface area contributed by atoms with Crippen molar-refractivity contribution < 1.29 is 22.6 Å². The zero-order valence-electron chi connectivity index (χ0n) is 32.9. The Kier molecular flexibility index (Phi) is 14.1. The van der Waals surface area contributed by atoms with E-state index in [1.54, 1.807) is 24.4 Å². The predicted molar refractivity (Wildman–Crippen MR) is 238 cm³/mol. The molecular weight excluding hydrogens is 927 g/mol. The van der Waals surface area contributed by atoms with Crippen LogP contribution >= 0.6 is 57.2 Å². The minimum Gasteiger partial charge on any atom is -0.481 e. The molecule has 6 aromatic heterocycles. The van der Waals surface area contributed by atoms with Crippen LogP contribution in [-0.2, 0) is 6.18 Å². The van der Waals surface area contributed by atoms with Crippen LogP contribution in [0.3, 0.4) is 0 Å².